The smallest absolute Gasteiger partial charge is 0.292 e. The Labute approximate surface area is 98.7 Å². The van der Waals surface area contributed by atoms with Gasteiger partial charge in [0.25, 0.3) is 5.69 Å². The van der Waals surface area contributed by atoms with Crippen LogP contribution in [0.25, 0.3) is 0 Å². The Kier molecular flexibility index (Phi) is 5.01. The average Bonchev–Trinajstić information content (AvgIpc) is 2.24. The molecule has 0 aliphatic heterocycles. The summed E-state index contributed by atoms with van der Waals surface area (Å²) >= 11 is 5.78. The van der Waals surface area contributed by atoms with Gasteiger partial charge >= 0.3 is 0 Å². The van der Waals surface area contributed by atoms with E-state index in [2.05, 4.69) is 5.32 Å². The van der Waals surface area contributed by atoms with E-state index in [4.69, 9.17) is 17.3 Å². The molecule has 0 unspecified atom stereocenters. The van der Waals surface area contributed by atoms with Gasteiger partial charge in [0.2, 0.25) is 0 Å². The maximum absolute atomic E-state index is 10.7. The number of nitro groups is 1. The van der Waals surface area contributed by atoms with E-state index in [1.807, 2.05) is 0 Å². The minimum atomic E-state index is -0.429. The van der Waals surface area contributed by atoms with Gasteiger partial charge in [-0.25, -0.2) is 0 Å². The molecule has 1 aromatic carbocycles. The number of benzene rings is 1. The van der Waals surface area contributed by atoms with Crippen LogP contribution in [0.5, 0.6) is 0 Å². The summed E-state index contributed by atoms with van der Waals surface area (Å²) in [6.45, 7) is 1.28. The molecular formula is C10H14ClN3O2. The zero-order valence-electron chi connectivity index (χ0n) is 8.78. The number of rotatable bonds is 6. The maximum Gasteiger partial charge on any atom is 0.292 e. The van der Waals surface area contributed by atoms with Crippen molar-refractivity contribution in [2.75, 3.05) is 18.4 Å². The summed E-state index contributed by atoms with van der Waals surface area (Å²) in [6, 6.07) is 4.46. The highest BCUT2D eigenvalue weighted by Gasteiger charge is 2.12. The third-order valence-electron chi connectivity index (χ3n) is 2.10. The second-order valence-electron chi connectivity index (χ2n) is 3.34. The quantitative estimate of drug-likeness (QED) is 0.457. The minimum Gasteiger partial charge on any atom is -0.379 e. The molecule has 0 amide bonds. The van der Waals surface area contributed by atoms with E-state index in [1.54, 1.807) is 6.07 Å². The van der Waals surface area contributed by atoms with E-state index in [9.17, 15) is 10.1 Å². The predicted molar refractivity (Wildman–Crippen MR) is 64.9 cm³/mol. The molecule has 0 aliphatic carbocycles. The van der Waals surface area contributed by atoms with Gasteiger partial charge in [0.1, 0.15) is 5.69 Å². The minimum absolute atomic E-state index is 0.0390. The molecule has 1 rings (SSSR count). The summed E-state index contributed by atoms with van der Waals surface area (Å²) in [5, 5.41) is 14.2. The summed E-state index contributed by atoms with van der Waals surface area (Å²) in [7, 11) is 0. The highest BCUT2D eigenvalue weighted by atomic mass is 35.5. The number of nitro benzene ring substituents is 1. The second-order valence-corrected chi connectivity index (χ2v) is 3.78. The molecule has 0 heterocycles. The van der Waals surface area contributed by atoms with Crippen molar-refractivity contribution in [1.82, 2.24) is 0 Å². The second kappa shape index (κ2) is 6.30. The molecule has 0 aliphatic rings. The highest BCUT2D eigenvalue weighted by molar-refractivity contribution is 6.31. The van der Waals surface area contributed by atoms with E-state index >= 15 is 0 Å². The fraction of sp³-hybridized carbons (Fsp3) is 0.400. The molecule has 0 atom stereocenters. The maximum atomic E-state index is 10.7. The first-order valence-electron chi connectivity index (χ1n) is 5.03. The molecule has 0 spiro atoms. The van der Waals surface area contributed by atoms with Crippen LogP contribution in [0, 0.1) is 10.1 Å². The largest absolute Gasteiger partial charge is 0.379 e. The lowest BCUT2D eigenvalue weighted by Crippen LogP contribution is -2.07. The number of hydrogen-bond acceptors (Lipinski definition) is 4. The third kappa shape index (κ3) is 3.67. The van der Waals surface area contributed by atoms with E-state index in [1.165, 1.54) is 12.1 Å². The molecular weight excluding hydrogens is 230 g/mol. The van der Waals surface area contributed by atoms with Crippen LogP contribution >= 0.6 is 11.6 Å². The van der Waals surface area contributed by atoms with E-state index < -0.39 is 4.92 Å². The molecule has 0 bridgehead atoms. The first kappa shape index (κ1) is 12.7. The number of nitrogens with two attached hydrogens (primary N) is 1. The van der Waals surface area contributed by atoms with Crippen LogP contribution in [0.15, 0.2) is 18.2 Å². The van der Waals surface area contributed by atoms with Crippen LogP contribution < -0.4 is 11.1 Å². The lowest BCUT2D eigenvalue weighted by atomic mass is 10.2. The van der Waals surface area contributed by atoms with Gasteiger partial charge in [0, 0.05) is 17.6 Å². The predicted octanol–water partition coefficient (Wildman–Crippen LogP) is 2.40. The molecule has 0 saturated heterocycles. The van der Waals surface area contributed by atoms with Crippen molar-refractivity contribution in [1.29, 1.82) is 0 Å². The third-order valence-corrected chi connectivity index (χ3v) is 2.34. The monoisotopic (exact) mass is 243 g/mol. The summed E-state index contributed by atoms with van der Waals surface area (Å²) in [5.41, 5.74) is 5.85. The number of anilines is 1. The van der Waals surface area contributed by atoms with Crippen molar-refractivity contribution in [3.05, 3.63) is 33.3 Å². The Morgan fingerprint density at radius 3 is 2.81 bits per heavy atom. The number of unbranched alkanes of at least 4 members (excludes halogenated alkanes) is 1. The van der Waals surface area contributed by atoms with Crippen molar-refractivity contribution >= 4 is 23.0 Å². The first-order chi connectivity index (χ1) is 7.65. The Morgan fingerprint density at radius 1 is 1.44 bits per heavy atom. The highest BCUT2D eigenvalue weighted by Crippen LogP contribution is 2.27. The van der Waals surface area contributed by atoms with Crippen LogP contribution in [-0.4, -0.2) is 18.0 Å². The molecule has 3 N–H and O–H groups in total. The van der Waals surface area contributed by atoms with Crippen LogP contribution in [-0.2, 0) is 0 Å². The lowest BCUT2D eigenvalue weighted by molar-refractivity contribution is -0.384. The van der Waals surface area contributed by atoms with Crippen molar-refractivity contribution < 1.29 is 4.92 Å². The van der Waals surface area contributed by atoms with Gasteiger partial charge in [-0.3, -0.25) is 10.1 Å². The molecule has 5 nitrogen and oxygen atoms in total. The Balaban J connectivity index is 2.68. The van der Waals surface area contributed by atoms with E-state index in [0.717, 1.165) is 12.8 Å². The summed E-state index contributed by atoms with van der Waals surface area (Å²) in [6.07, 6.45) is 1.77. The zero-order valence-corrected chi connectivity index (χ0v) is 9.54. The SMILES string of the molecule is NCCCCNc1cc(Cl)ccc1[N+](=O)[O-]. The van der Waals surface area contributed by atoms with Crippen LogP contribution in [0.1, 0.15) is 12.8 Å². The Hall–Kier alpha value is -1.33. The molecule has 0 radical (unpaired) electrons. The van der Waals surface area contributed by atoms with E-state index in [-0.39, 0.29) is 5.69 Å². The number of hydrogen-bond donors (Lipinski definition) is 2. The van der Waals surface area contributed by atoms with E-state index in [0.29, 0.717) is 23.8 Å². The van der Waals surface area contributed by atoms with Crippen molar-refractivity contribution in [2.45, 2.75) is 12.8 Å². The molecule has 0 saturated carbocycles. The van der Waals surface area contributed by atoms with Crippen LogP contribution in [0.2, 0.25) is 5.02 Å². The van der Waals surface area contributed by atoms with Gasteiger partial charge in [-0.2, -0.15) is 0 Å². The topological polar surface area (TPSA) is 81.2 Å². The molecule has 0 fully saturated rings. The normalized spacial score (nSPS) is 10.1. The fourth-order valence-corrected chi connectivity index (χ4v) is 1.47. The van der Waals surface area contributed by atoms with Gasteiger partial charge in [-0.05, 0) is 31.5 Å². The summed E-state index contributed by atoms with van der Waals surface area (Å²) < 4.78 is 0. The summed E-state index contributed by atoms with van der Waals surface area (Å²) in [4.78, 5) is 10.3. The standard InChI is InChI=1S/C10H14ClN3O2/c11-8-3-4-10(14(15)16)9(7-8)13-6-2-1-5-12/h3-4,7,13H,1-2,5-6,12H2. The molecule has 16 heavy (non-hydrogen) atoms. The number of nitrogens with one attached hydrogen (secondary N) is 1. The first-order valence-corrected chi connectivity index (χ1v) is 5.41. The van der Waals surface area contributed by atoms with Crippen molar-refractivity contribution in [3.8, 4) is 0 Å². The van der Waals surface area contributed by atoms with Gasteiger partial charge in [0.15, 0.2) is 0 Å². The Bertz CT molecular complexity index is 371. The number of halogens is 1. The lowest BCUT2D eigenvalue weighted by Gasteiger charge is -2.06. The fourth-order valence-electron chi connectivity index (χ4n) is 1.30. The summed E-state index contributed by atoms with van der Waals surface area (Å²) in [5.74, 6) is 0. The molecule has 88 valence electrons. The van der Waals surface area contributed by atoms with Crippen molar-refractivity contribution in [2.24, 2.45) is 5.73 Å². The molecule has 6 heteroatoms. The van der Waals surface area contributed by atoms with Crippen LogP contribution in [0.4, 0.5) is 11.4 Å². The van der Waals surface area contributed by atoms with Crippen LogP contribution in [0.3, 0.4) is 0 Å². The molecule has 0 aromatic heterocycles. The van der Waals surface area contributed by atoms with Crippen molar-refractivity contribution in [3.63, 3.8) is 0 Å². The van der Waals surface area contributed by atoms with Gasteiger partial charge in [-0.1, -0.05) is 11.6 Å². The van der Waals surface area contributed by atoms with Gasteiger partial charge < -0.3 is 11.1 Å². The zero-order chi connectivity index (χ0) is 12.0. The molecule has 1 aromatic rings. The number of nitrogens with zero attached hydrogens (tertiary/aromatic N) is 1. The Morgan fingerprint density at radius 2 is 2.19 bits per heavy atom. The van der Waals surface area contributed by atoms with Gasteiger partial charge in [0.05, 0.1) is 4.92 Å². The van der Waals surface area contributed by atoms with Gasteiger partial charge in [-0.15, -0.1) is 0 Å². The average molecular weight is 244 g/mol.